The van der Waals surface area contributed by atoms with Crippen LogP contribution in [0.3, 0.4) is 0 Å². The zero-order chi connectivity index (χ0) is 15.5. The predicted molar refractivity (Wildman–Crippen MR) is 85.3 cm³/mol. The molecule has 3 rings (SSSR count). The molecule has 0 saturated carbocycles. The second kappa shape index (κ2) is 6.41. The zero-order valence-electron chi connectivity index (χ0n) is 11.6. The third kappa shape index (κ3) is 3.42. The number of carbonyl (C=O) groups is 2. The summed E-state index contributed by atoms with van der Waals surface area (Å²) in [6.45, 7) is 0.701. The van der Waals surface area contributed by atoms with Crippen molar-refractivity contribution in [3.05, 3.63) is 34.4 Å². The molecule has 0 aliphatic carbocycles. The smallest absolute Gasteiger partial charge is 0.231 e. The van der Waals surface area contributed by atoms with E-state index in [9.17, 15) is 9.59 Å². The Morgan fingerprint density at radius 1 is 1.45 bits per heavy atom. The number of hydrogen-bond donors (Lipinski definition) is 1. The standard InChI is InChI=1S/C14H13ClN4O2S/c15-9-3-4-11(16-7-9)18-12(20)6-10-8-22-14(17-10)19-5-1-2-13(19)21/h3-4,7-8H,1-2,5-6H2,(H,16,18,20). The second-order valence-electron chi connectivity index (χ2n) is 4.86. The monoisotopic (exact) mass is 336 g/mol. The summed E-state index contributed by atoms with van der Waals surface area (Å²) in [5.74, 6) is 0.328. The number of amides is 2. The minimum atomic E-state index is -0.209. The lowest BCUT2D eigenvalue weighted by Crippen LogP contribution is -2.23. The highest BCUT2D eigenvalue weighted by molar-refractivity contribution is 7.14. The number of carbonyl (C=O) groups excluding carboxylic acids is 2. The normalized spacial score (nSPS) is 14.4. The lowest BCUT2D eigenvalue weighted by molar-refractivity contribution is -0.117. The van der Waals surface area contributed by atoms with Gasteiger partial charge in [-0.05, 0) is 18.6 Å². The maximum atomic E-state index is 12.0. The number of rotatable bonds is 4. The molecule has 2 aromatic rings. The Morgan fingerprint density at radius 3 is 3.00 bits per heavy atom. The van der Waals surface area contributed by atoms with Gasteiger partial charge in [0.05, 0.1) is 17.1 Å². The summed E-state index contributed by atoms with van der Waals surface area (Å²) in [5, 5.41) is 5.66. The molecule has 114 valence electrons. The van der Waals surface area contributed by atoms with E-state index in [2.05, 4.69) is 15.3 Å². The third-order valence-corrected chi connectivity index (χ3v) is 4.32. The van der Waals surface area contributed by atoms with E-state index in [4.69, 9.17) is 11.6 Å². The molecule has 1 N–H and O–H groups in total. The summed E-state index contributed by atoms with van der Waals surface area (Å²) in [6.07, 6.45) is 3.04. The first kappa shape index (κ1) is 14.9. The van der Waals surface area contributed by atoms with Gasteiger partial charge in [-0.2, -0.15) is 0 Å². The Kier molecular flexibility index (Phi) is 4.35. The van der Waals surface area contributed by atoms with Crippen LogP contribution in [0.4, 0.5) is 10.9 Å². The van der Waals surface area contributed by atoms with Crippen molar-refractivity contribution in [1.82, 2.24) is 9.97 Å². The predicted octanol–water partition coefficient (Wildman–Crippen LogP) is 2.50. The van der Waals surface area contributed by atoms with E-state index in [0.717, 1.165) is 6.42 Å². The highest BCUT2D eigenvalue weighted by atomic mass is 35.5. The molecule has 0 bridgehead atoms. The van der Waals surface area contributed by atoms with E-state index < -0.39 is 0 Å². The van der Waals surface area contributed by atoms with Crippen LogP contribution in [0, 0.1) is 0 Å². The van der Waals surface area contributed by atoms with Crippen LogP contribution in [0.1, 0.15) is 18.5 Å². The molecule has 1 saturated heterocycles. The molecule has 0 unspecified atom stereocenters. The molecule has 22 heavy (non-hydrogen) atoms. The largest absolute Gasteiger partial charge is 0.310 e. The van der Waals surface area contributed by atoms with E-state index >= 15 is 0 Å². The topological polar surface area (TPSA) is 75.2 Å². The molecule has 8 heteroatoms. The molecule has 0 radical (unpaired) electrons. The van der Waals surface area contributed by atoms with Crippen LogP contribution in [0.25, 0.3) is 0 Å². The minimum absolute atomic E-state index is 0.0933. The Balaban J connectivity index is 1.61. The highest BCUT2D eigenvalue weighted by Gasteiger charge is 2.24. The number of aromatic nitrogens is 2. The van der Waals surface area contributed by atoms with Crippen molar-refractivity contribution in [2.45, 2.75) is 19.3 Å². The van der Waals surface area contributed by atoms with Crippen LogP contribution < -0.4 is 10.2 Å². The Morgan fingerprint density at radius 2 is 2.32 bits per heavy atom. The second-order valence-corrected chi connectivity index (χ2v) is 6.13. The summed E-state index contributed by atoms with van der Waals surface area (Å²) >= 11 is 7.12. The fraction of sp³-hybridized carbons (Fsp3) is 0.286. The van der Waals surface area contributed by atoms with Gasteiger partial charge in [0, 0.05) is 24.5 Å². The van der Waals surface area contributed by atoms with E-state index in [1.54, 1.807) is 22.4 Å². The Bertz CT molecular complexity index is 701. The average molecular weight is 337 g/mol. The summed E-state index contributed by atoms with van der Waals surface area (Å²) in [4.78, 5) is 33.7. The van der Waals surface area contributed by atoms with Crippen molar-refractivity contribution in [3.8, 4) is 0 Å². The van der Waals surface area contributed by atoms with Crippen LogP contribution >= 0.6 is 22.9 Å². The zero-order valence-corrected chi connectivity index (χ0v) is 13.2. The maximum absolute atomic E-state index is 12.0. The van der Waals surface area contributed by atoms with E-state index in [1.165, 1.54) is 17.5 Å². The number of halogens is 1. The van der Waals surface area contributed by atoms with E-state index in [0.29, 0.717) is 34.6 Å². The van der Waals surface area contributed by atoms with Crippen molar-refractivity contribution >= 4 is 45.7 Å². The lowest BCUT2D eigenvalue weighted by Gasteiger charge is -2.10. The van der Waals surface area contributed by atoms with Crippen molar-refractivity contribution in [2.24, 2.45) is 0 Å². The number of thiazole rings is 1. The van der Waals surface area contributed by atoms with Crippen molar-refractivity contribution in [3.63, 3.8) is 0 Å². The summed E-state index contributed by atoms with van der Waals surface area (Å²) in [5.41, 5.74) is 0.645. The number of hydrogen-bond acceptors (Lipinski definition) is 5. The number of pyridine rings is 1. The van der Waals surface area contributed by atoms with Crippen LogP contribution in [0.2, 0.25) is 5.02 Å². The minimum Gasteiger partial charge on any atom is -0.310 e. The number of anilines is 2. The summed E-state index contributed by atoms with van der Waals surface area (Å²) in [6, 6.07) is 3.29. The van der Waals surface area contributed by atoms with Crippen LogP contribution in [0.15, 0.2) is 23.7 Å². The maximum Gasteiger partial charge on any atom is 0.231 e. The number of nitrogens with one attached hydrogen (secondary N) is 1. The van der Waals surface area contributed by atoms with Crippen molar-refractivity contribution in [2.75, 3.05) is 16.8 Å². The van der Waals surface area contributed by atoms with Gasteiger partial charge in [0.2, 0.25) is 11.8 Å². The van der Waals surface area contributed by atoms with Crippen LogP contribution in [0.5, 0.6) is 0 Å². The van der Waals surface area contributed by atoms with E-state index in [-0.39, 0.29) is 18.2 Å². The van der Waals surface area contributed by atoms with Gasteiger partial charge >= 0.3 is 0 Å². The molecular formula is C14H13ClN4O2S. The first-order chi connectivity index (χ1) is 10.6. The van der Waals surface area contributed by atoms with Crippen molar-refractivity contribution in [1.29, 1.82) is 0 Å². The molecule has 6 nitrogen and oxygen atoms in total. The first-order valence-corrected chi connectivity index (χ1v) is 8.04. The fourth-order valence-corrected chi connectivity index (χ4v) is 3.13. The molecule has 1 aliphatic rings. The fourth-order valence-electron chi connectivity index (χ4n) is 2.15. The molecule has 2 amide bonds. The van der Waals surface area contributed by atoms with Gasteiger partial charge in [-0.3, -0.25) is 14.5 Å². The van der Waals surface area contributed by atoms with Crippen molar-refractivity contribution < 1.29 is 9.59 Å². The quantitative estimate of drug-likeness (QED) is 0.930. The first-order valence-electron chi connectivity index (χ1n) is 6.78. The van der Waals surface area contributed by atoms with Gasteiger partial charge in [0.15, 0.2) is 5.13 Å². The Labute approximate surface area is 136 Å². The van der Waals surface area contributed by atoms with E-state index in [1.807, 2.05) is 0 Å². The van der Waals surface area contributed by atoms with Gasteiger partial charge in [-0.1, -0.05) is 11.6 Å². The highest BCUT2D eigenvalue weighted by Crippen LogP contribution is 2.25. The van der Waals surface area contributed by atoms with Gasteiger partial charge in [-0.25, -0.2) is 9.97 Å². The van der Waals surface area contributed by atoms with Crippen LogP contribution in [-0.2, 0) is 16.0 Å². The molecular weight excluding hydrogens is 324 g/mol. The summed E-state index contributed by atoms with van der Waals surface area (Å²) in [7, 11) is 0. The molecule has 2 aromatic heterocycles. The average Bonchev–Trinajstić information content (AvgIpc) is 3.10. The third-order valence-electron chi connectivity index (χ3n) is 3.18. The Hall–Kier alpha value is -1.99. The van der Waals surface area contributed by atoms with Gasteiger partial charge in [0.1, 0.15) is 5.82 Å². The molecule has 1 aliphatic heterocycles. The van der Waals surface area contributed by atoms with Gasteiger partial charge in [-0.15, -0.1) is 11.3 Å². The van der Waals surface area contributed by atoms with Gasteiger partial charge < -0.3 is 5.32 Å². The number of nitrogens with zero attached hydrogens (tertiary/aromatic N) is 3. The molecule has 3 heterocycles. The van der Waals surface area contributed by atoms with Gasteiger partial charge in [0.25, 0.3) is 0 Å². The molecule has 0 spiro atoms. The summed E-state index contributed by atoms with van der Waals surface area (Å²) < 4.78 is 0. The lowest BCUT2D eigenvalue weighted by atomic mass is 10.3. The molecule has 1 fully saturated rings. The SMILES string of the molecule is O=C(Cc1csc(N2CCCC2=O)n1)Nc1ccc(Cl)cn1. The molecule has 0 aromatic carbocycles. The molecule has 0 atom stereocenters. The van der Waals surface area contributed by atoms with Crippen LogP contribution in [-0.4, -0.2) is 28.3 Å².